The fourth-order valence-corrected chi connectivity index (χ4v) is 6.10. The Labute approximate surface area is 238 Å². The maximum Gasteiger partial charge on any atom is 0.410 e. The van der Waals surface area contributed by atoms with Gasteiger partial charge in [0, 0.05) is 26.7 Å². The summed E-state index contributed by atoms with van der Waals surface area (Å²) in [5.41, 5.74) is 0.573. The number of hydrogen-bond acceptors (Lipinski definition) is 7. The number of aliphatic carboxylic acids is 1. The summed E-state index contributed by atoms with van der Waals surface area (Å²) < 4.78 is 16.7. The molecule has 2 heterocycles. The van der Waals surface area contributed by atoms with Gasteiger partial charge in [-0.1, -0.05) is 46.1 Å². The number of β-lactam (4-membered cyclic amide) rings is 1. The van der Waals surface area contributed by atoms with E-state index < -0.39 is 32.4 Å². The molecule has 0 radical (unpaired) electrons. The van der Waals surface area contributed by atoms with Gasteiger partial charge in [0.15, 0.2) is 8.32 Å². The summed E-state index contributed by atoms with van der Waals surface area (Å²) in [4.78, 5) is 54.3. The summed E-state index contributed by atoms with van der Waals surface area (Å²) in [5, 5.41) is 9.95. The van der Waals surface area contributed by atoms with Crippen molar-refractivity contribution in [3.05, 3.63) is 36.6 Å². The van der Waals surface area contributed by atoms with E-state index in [1.54, 1.807) is 7.05 Å². The Hall–Kier alpha value is -3.12. The van der Waals surface area contributed by atoms with E-state index in [0.29, 0.717) is 12.0 Å². The zero-order chi connectivity index (χ0) is 30.4. The van der Waals surface area contributed by atoms with E-state index in [0.717, 1.165) is 0 Å². The number of carbonyl (C=O) groups is 4. The van der Waals surface area contributed by atoms with Gasteiger partial charge in [0.05, 0.1) is 18.1 Å². The van der Waals surface area contributed by atoms with E-state index in [-0.39, 0.29) is 68.1 Å². The minimum absolute atomic E-state index is 0.00771. The predicted molar refractivity (Wildman–Crippen MR) is 153 cm³/mol. The van der Waals surface area contributed by atoms with E-state index in [1.165, 1.54) is 26.9 Å². The highest BCUT2D eigenvalue weighted by Gasteiger charge is 2.58. The highest BCUT2D eigenvalue weighted by Crippen LogP contribution is 2.47. The zero-order valence-corrected chi connectivity index (χ0v) is 25.9. The number of carboxylic acids is 1. The summed E-state index contributed by atoms with van der Waals surface area (Å²) in [7, 11) is -0.592. The lowest BCUT2D eigenvalue weighted by Gasteiger charge is -2.48. The molecule has 0 aromatic carbocycles. The van der Waals surface area contributed by atoms with Crippen LogP contribution in [0.15, 0.2) is 36.6 Å². The molecule has 0 spiro atoms. The molecular weight excluding hydrogens is 534 g/mol. The molecule has 2 rings (SSSR count). The third-order valence-electron chi connectivity index (χ3n) is 7.90. The lowest BCUT2D eigenvalue weighted by molar-refractivity contribution is -0.160. The van der Waals surface area contributed by atoms with Gasteiger partial charge in [0.1, 0.15) is 18.9 Å². The minimum atomic E-state index is -2.14. The number of hydrogen-bond donors (Lipinski definition) is 1. The molecule has 12 heteroatoms. The van der Waals surface area contributed by atoms with Crippen molar-refractivity contribution in [2.24, 2.45) is 5.92 Å². The average Bonchev–Trinajstić information content (AvgIpc) is 3.18. The predicted octanol–water partition coefficient (Wildman–Crippen LogP) is 4.24. The molecule has 40 heavy (non-hydrogen) atoms. The second kappa shape index (κ2) is 13.5. The van der Waals surface area contributed by atoms with Gasteiger partial charge < -0.3 is 33.7 Å². The smallest absolute Gasteiger partial charge is 0.410 e. The molecule has 0 unspecified atom stereocenters. The second-order valence-corrected chi connectivity index (χ2v) is 16.5. The molecular formula is C28H45N3O8Si. The van der Waals surface area contributed by atoms with Crippen LogP contribution >= 0.6 is 0 Å². The molecule has 0 aromatic heterocycles. The van der Waals surface area contributed by atoms with Crippen LogP contribution in [0.2, 0.25) is 18.1 Å². The standard InChI is InChI=1S/C28H45N3O8Si/c1-10-16-37-26(35)29(7)14-15-30(27(36)38-17-11-2)13-12-20-18-21-22(24(32)31(21)23(20)25(33)34)19(3)39-40(8,9)28(4,5)6/h10-11,19,21-22H,1-2,12-18H2,3-9H3,(H,33,34)/t19-,21-,22-/m1/s1. The summed E-state index contributed by atoms with van der Waals surface area (Å²) >= 11 is 0. The van der Waals surface area contributed by atoms with Crippen LogP contribution in [-0.2, 0) is 23.5 Å². The first-order valence-electron chi connectivity index (χ1n) is 13.5. The molecule has 0 bridgehead atoms. The third kappa shape index (κ3) is 7.54. The highest BCUT2D eigenvalue weighted by molar-refractivity contribution is 6.74. The Morgan fingerprint density at radius 2 is 1.68 bits per heavy atom. The number of ether oxygens (including phenoxy) is 2. The van der Waals surface area contributed by atoms with Gasteiger partial charge in [0.25, 0.3) is 0 Å². The molecule has 11 nitrogen and oxygen atoms in total. The molecule has 0 saturated carbocycles. The van der Waals surface area contributed by atoms with Crippen LogP contribution in [0.4, 0.5) is 9.59 Å². The molecule has 1 saturated heterocycles. The number of likely N-dealkylation sites (N-methyl/N-ethyl adjacent to an activating group) is 1. The van der Waals surface area contributed by atoms with Gasteiger partial charge in [-0.15, -0.1) is 0 Å². The van der Waals surface area contributed by atoms with Gasteiger partial charge >= 0.3 is 18.2 Å². The van der Waals surface area contributed by atoms with E-state index >= 15 is 0 Å². The van der Waals surface area contributed by atoms with Crippen LogP contribution in [-0.4, -0.2) is 104 Å². The SMILES string of the molecule is C=CCOC(=O)N(C)CCN(CCC1=C(C(=O)O)N2C(=O)[C@H]([C@@H](C)O[Si](C)(C)C(C)(C)C)[C@H]2C1)C(=O)OCC=C. The fourth-order valence-electron chi connectivity index (χ4n) is 4.67. The maximum atomic E-state index is 13.2. The molecule has 1 N–H and O–H groups in total. The Morgan fingerprint density at radius 3 is 2.20 bits per heavy atom. The molecule has 224 valence electrons. The van der Waals surface area contributed by atoms with E-state index in [1.807, 2.05) is 6.92 Å². The monoisotopic (exact) mass is 579 g/mol. The van der Waals surface area contributed by atoms with Gasteiger partial charge in [-0.25, -0.2) is 14.4 Å². The van der Waals surface area contributed by atoms with Crippen molar-refractivity contribution in [3.63, 3.8) is 0 Å². The molecule has 0 aromatic rings. The number of carbonyl (C=O) groups excluding carboxylic acids is 3. The van der Waals surface area contributed by atoms with Crippen LogP contribution in [0.5, 0.6) is 0 Å². The number of amides is 3. The van der Waals surface area contributed by atoms with Crippen LogP contribution in [0.1, 0.15) is 40.5 Å². The van der Waals surface area contributed by atoms with Crippen molar-refractivity contribution in [3.8, 4) is 0 Å². The zero-order valence-electron chi connectivity index (χ0n) is 24.9. The number of carboxylic acid groups (broad SMARTS) is 1. The lowest BCUT2D eigenvalue weighted by Crippen LogP contribution is -2.63. The first kappa shape index (κ1) is 33.1. The lowest BCUT2D eigenvalue weighted by atomic mass is 9.83. The first-order valence-corrected chi connectivity index (χ1v) is 16.5. The van der Waals surface area contributed by atoms with E-state index in [2.05, 4.69) is 47.0 Å². The third-order valence-corrected chi connectivity index (χ3v) is 12.5. The maximum absolute atomic E-state index is 13.2. The van der Waals surface area contributed by atoms with Crippen LogP contribution in [0.25, 0.3) is 0 Å². The van der Waals surface area contributed by atoms with Gasteiger partial charge in [-0.2, -0.15) is 0 Å². The van der Waals surface area contributed by atoms with Crippen LogP contribution in [0.3, 0.4) is 0 Å². The fraction of sp³-hybridized carbons (Fsp3) is 0.643. The van der Waals surface area contributed by atoms with Crippen LogP contribution in [0, 0.1) is 5.92 Å². The topological polar surface area (TPSA) is 126 Å². The van der Waals surface area contributed by atoms with Crippen molar-refractivity contribution in [2.75, 3.05) is 39.9 Å². The van der Waals surface area contributed by atoms with Crippen molar-refractivity contribution < 1.29 is 38.2 Å². The van der Waals surface area contributed by atoms with Crippen molar-refractivity contribution in [1.82, 2.24) is 14.7 Å². The summed E-state index contributed by atoms with van der Waals surface area (Å²) in [5.74, 6) is -1.84. The molecule has 2 aliphatic rings. The summed E-state index contributed by atoms with van der Waals surface area (Å²) in [6.45, 7) is 20.1. The Morgan fingerprint density at radius 1 is 1.10 bits per heavy atom. The molecule has 2 aliphatic heterocycles. The average molecular weight is 580 g/mol. The first-order chi connectivity index (χ1) is 18.6. The Bertz CT molecular complexity index is 1040. The van der Waals surface area contributed by atoms with Gasteiger partial charge in [0.2, 0.25) is 5.91 Å². The highest BCUT2D eigenvalue weighted by atomic mass is 28.4. The van der Waals surface area contributed by atoms with E-state index in [4.69, 9.17) is 13.9 Å². The molecule has 3 amide bonds. The number of fused-ring (bicyclic) bond motifs is 1. The van der Waals surface area contributed by atoms with Crippen molar-refractivity contribution in [1.29, 1.82) is 0 Å². The number of rotatable bonds is 14. The normalized spacial score (nSPS) is 19.4. The Kier molecular flexibility index (Phi) is 11.2. The Balaban J connectivity index is 2.14. The quantitative estimate of drug-likeness (QED) is 0.184. The number of nitrogens with zero attached hydrogens (tertiary/aromatic N) is 3. The molecule has 1 fully saturated rings. The second-order valence-electron chi connectivity index (χ2n) is 11.7. The summed E-state index contributed by atoms with van der Waals surface area (Å²) in [6.07, 6.45) is 2.02. The van der Waals surface area contributed by atoms with E-state index in [9.17, 15) is 24.3 Å². The largest absolute Gasteiger partial charge is 0.477 e. The summed E-state index contributed by atoms with van der Waals surface area (Å²) in [6, 6.07) is -0.291. The molecule has 3 atom stereocenters. The van der Waals surface area contributed by atoms with Gasteiger partial charge in [-0.05, 0) is 43.5 Å². The van der Waals surface area contributed by atoms with Crippen molar-refractivity contribution >= 4 is 32.4 Å². The van der Waals surface area contributed by atoms with Crippen molar-refractivity contribution in [2.45, 2.75) is 70.8 Å². The molecule has 0 aliphatic carbocycles. The minimum Gasteiger partial charge on any atom is -0.477 e. The van der Waals surface area contributed by atoms with Gasteiger partial charge in [-0.3, -0.25) is 4.79 Å². The van der Waals surface area contributed by atoms with Crippen LogP contribution < -0.4 is 0 Å².